The number of rotatable bonds is 2. The fourth-order valence-electron chi connectivity index (χ4n) is 0.775. The highest BCUT2D eigenvalue weighted by Gasteiger charge is 1.96. The largest absolute Gasteiger partial charge is 0.293 e. The quantitative estimate of drug-likeness (QED) is 0.612. The van der Waals surface area contributed by atoms with Crippen LogP contribution in [0.1, 0.15) is 13.8 Å². The van der Waals surface area contributed by atoms with Crippen molar-refractivity contribution < 1.29 is 4.79 Å². The highest BCUT2D eigenvalue weighted by molar-refractivity contribution is 6.38. The molecule has 0 heterocycles. The molecule has 2 heteroatoms. The molecule has 1 rings (SSSR count). The summed E-state index contributed by atoms with van der Waals surface area (Å²) in [4.78, 5) is 14.9. The summed E-state index contributed by atoms with van der Waals surface area (Å²) in [6.45, 7) is 3.23. The van der Waals surface area contributed by atoms with Gasteiger partial charge in [-0.25, -0.2) is 0 Å². The van der Waals surface area contributed by atoms with Crippen LogP contribution in [0.2, 0.25) is 0 Å². The monoisotopic (exact) mass is 161 g/mol. The molecule has 0 aliphatic carbocycles. The van der Waals surface area contributed by atoms with Gasteiger partial charge in [0.15, 0.2) is 5.78 Å². The molecule has 0 radical (unpaired) electrons. The SMILES string of the molecule is CC(=O)/C(C)=N\c1ccccc1. The number of Topliss-reactive ketones (excluding diaryl/α,β-unsaturated/α-hetero) is 1. The van der Waals surface area contributed by atoms with Gasteiger partial charge in [-0.15, -0.1) is 0 Å². The molecule has 0 aliphatic heterocycles. The van der Waals surface area contributed by atoms with E-state index in [1.807, 2.05) is 30.3 Å². The maximum atomic E-state index is 10.8. The van der Waals surface area contributed by atoms with Gasteiger partial charge in [0.05, 0.1) is 11.4 Å². The van der Waals surface area contributed by atoms with Crippen molar-refractivity contribution in [3.8, 4) is 0 Å². The molecule has 0 bridgehead atoms. The first-order valence-electron chi connectivity index (χ1n) is 3.81. The van der Waals surface area contributed by atoms with Gasteiger partial charge in [0.2, 0.25) is 0 Å². The van der Waals surface area contributed by atoms with E-state index in [1.165, 1.54) is 6.92 Å². The molecule has 0 atom stereocenters. The van der Waals surface area contributed by atoms with E-state index >= 15 is 0 Å². The minimum Gasteiger partial charge on any atom is -0.293 e. The summed E-state index contributed by atoms with van der Waals surface area (Å²) >= 11 is 0. The molecule has 0 aliphatic rings. The van der Waals surface area contributed by atoms with E-state index in [4.69, 9.17) is 0 Å². The smallest absolute Gasteiger partial charge is 0.173 e. The average Bonchev–Trinajstić information content (AvgIpc) is 2.06. The predicted octanol–water partition coefficient (Wildman–Crippen LogP) is 2.37. The Hall–Kier alpha value is -1.44. The third-order valence-corrected chi connectivity index (χ3v) is 1.56. The Morgan fingerprint density at radius 1 is 1.17 bits per heavy atom. The van der Waals surface area contributed by atoms with Crippen LogP contribution in [-0.2, 0) is 4.79 Å². The van der Waals surface area contributed by atoms with Crippen molar-refractivity contribution in [1.82, 2.24) is 0 Å². The first kappa shape index (κ1) is 8.65. The van der Waals surface area contributed by atoms with Crippen molar-refractivity contribution in [3.05, 3.63) is 30.3 Å². The molecule has 62 valence electrons. The Balaban J connectivity index is 2.89. The van der Waals surface area contributed by atoms with Gasteiger partial charge in [0.25, 0.3) is 0 Å². The minimum atomic E-state index is 0.0128. The molecule has 0 saturated heterocycles. The molecule has 1 aromatic rings. The summed E-state index contributed by atoms with van der Waals surface area (Å²) < 4.78 is 0. The van der Waals surface area contributed by atoms with E-state index in [-0.39, 0.29) is 5.78 Å². The van der Waals surface area contributed by atoms with E-state index in [0.717, 1.165) is 5.69 Å². The second kappa shape index (κ2) is 3.81. The third kappa shape index (κ3) is 2.31. The fraction of sp³-hybridized carbons (Fsp3) is 0.200. The molecule has 0 aromatic heterocycles. The average molecular weight is 161 g/mol. The van der Waals surface area contributed by atoms with Gasteiger partial charge in [-0.2, -0.15) is 0 Å². The Kier molecular flexibility index (Phi) is 2.75. The molecule has 12 heavy (non-hydrogen) atoms. The van der Waals surface area contributed by atoms with Gasteiger partial charge in [-0.1, -0.05) is 18.2 Å². The summed E-state index contributed by atoms with van der Waals surface area (Å²) in [6, 6.07) is 9.44. The van der Waals surface area contributed by atoms with E-state index < -0.39 is 0 Å². The highest BCUT2D eigenvalue weighted by Crippen LogP contribution is 2.09. The number of benzene rings is 1. The van der Waals surface area contributed by atoms with Crippen molar-refractivity contribution in [3.63, 3.8) is 0 Å². The zero-order chi connectivity index (χ0) is 8.97. The summed E-state index contributed by atoms with van der Waals surface area (Å²) in [5, 5.41) is 0. The molecule has 2 nitrogen and oxygen atoms in total. The Labute approximate surface area is 71.9 Å². The lowest BCUT2D eigenvalue weighted by molar-refractivity contribution is -0.111. The lowest BCUT2D eigenvalue weighted by Gasteiger charge is -1.94. The Bertz CT molecular complexity index is 301. The lowest BCUT2D eigenvalue weighted by Crippen LogP contribution is -2.02. The Morgan fingerprint density at radius 2 is 1.75 bits per heavy atom. The number of hydrogen-bond donors (Lipinski definition) is 0. The number of hydrogen-bond acceptors (Lipinski definition) is 2. The molecule has 1 aromatic carbocycles. The van der Waals surface area contributed by atoms with Crippen LogP contribution in [0.3, 0.4) is 0 Å². The number of nitrogens with zero attached hydrogens (tertiary/aromatic N) is 1. The molecule has 0 spiro atoms. The number of para-hydroxylation sites is 1. The minimum absolute atomic E-state index is 0.0128. The van der Waals surface area contributed by atoms with Crippen molar-refractivity contribution in [2.45, 2.75) is 13.8 Å². The highest BCUT2D eigenvalue weighted by atomic mass is 16.1. The lowest BCUT2D eigenvalue weighted by atomic mass is 10.3. The molecule has 0 fully saturated rings. The van der Waals surface area contributed by atoms with Crippen LogP contribution in [0.25, 0.3) is 0 Å². The maximum Gasteiger partial charge on any atom is 0.173 e. The third-order valence-electron chi connectivity index (χ3n) is 1.56. The van der Waals surface area contributed by atoms with Gasteiger partial charge in [0, 0.05) is 6.92 Å². The molecule has 0 N–H and O–H groups in total. The van der Waals surface area contributed by atoms with Gasteiger partial charge in [-0.3, -0.25) is 9.79 Å². The van der Waals surface area contributed by atoms with Gasteiger partial charge >= 0.3 is 0 Å². The van der Waals surface area contributed by atoms with Crippen LogP contribution in [0.15, 0.2) is 35.3 Å². The van der Waals surface area contributed by atoms with Crippen LogP contribution in [-0.4, -0.2) is 11.5 Å². The second-order valence-corrected chi connectivity index (χ2v) is 2.59. The van der Waals surface area contributed by atoms with Gasteiger partial charge in [-0.05, 0) is 19.1 Å². The number of carbonyl (C=O) groups is 1. The fourth-order valence-corrected chi connectivity index (χ4v) is 0.775. The number of aliphatic imine (C=N–C) groups is 1. The maximum absolute atomic E-state index is 10.8. The van der Waals surface area contributed by atoms with E-state index in [9.17, 15) is 4.79 Å². The molecular formula is C10H11NO. The van der Waals surface area contributed by atoms with Crippen LogP contribution in [0.4, 0.5) is 5.69 Å². The van der Waals surface area contributed by atoms with Crippen LogP contribution in [0, 0.1) is 0 Å². The normalized spacial score (nSPS) is 11.3. The molecular weight excluding hydrogens is 150 g/mol. The molecule has 0 saturated carbocycles. The molecule has 0 amide bonds. The zero-order valence-corrected chi connectivity index (χ0v) is 7.24. The summed E-state index contributed by atoms with van der Waals surface area (Å²) in [6.07, 6.45) is 0. The molecule has 0 unspecified atom stereocenters. The van der Waals surface area contributed by atoms with Crippen molar-refractivity contribution in [2.24, 2.45) is 4.99 Å². The van der Waals surface area contributed by atoms with Gasteiger partial charge < -0.3 is 0 Å². The first-order chi connectivity index (χ1) is 5.70. The van der Waals surface area contributed by atoms with E-state index in [2.05, 4.69) is 4.99 Å². The van der Waals surface area contributed by atoms with E-state index in [0.29, 0.717) is 5.71 Å². The summed E-state index contributed by atoms with van der Waals surface area (Å²) in [5.41, 5.74) is 1.37. The Morgan fingerprint density at radius 3 is 2.25 bits per heavy atom. The zero-order valence-electron chi connectivity index (χ0n) is 7.24. The van der Waals surface area contributed by atoms with Crippen LogP contribution >= 0.6 is 0 Å². The topological polar surface area (TPSA) is 29.4 Å². The first-order valence-corrected chi connectivity index (χ1v) is 3.81. The van der Waals surface area contributed by atoms with Crippen LogP contribution < -0.4 is 0 Å². The number of carbonyl (C=O) groups excluding carboxylic acids is 1. The van der Waals surface area contributed by atoms with E-state index in [1.54, 1.807) is 6.92 Å². The number of ketones is 1. The van der Waals surface area contributed by atoms with Crippen LogP contribution in [0.5, 0.6) is 0 Å². The summed E-state index contributed by atoms with van der Waals surface area (Å²) in [7, 11) is 0. The second-order valence-electron chi connectivity index (χ2n) is 2.59. The van der Waals surface area contributed by atoms with Crippen molar-refractivity contribution in [2.75, 3.05) is 0 Å². The van der Waals surface area contributed by atoms with Crippen molar-refractivity contribution in [1.29, 1.82) is 0 Å². The predicted molar refractivity (Wildman–Crippen MR) is 49.9 cm³/mol. The standard InChI is InChI=1S/C10H11NO/c1-8(9(2)12)11-10-6-4-3-5-7-10/h3-7H,1-2H3/b11-8-. The van der Waals surface area contributed by atoms with Crippen molar-refractivity contribution >= 4 is 17.2 Å². The van der Waals surface area contributed by atoms with Gasteiger partial charge in [0.1, 0.15) is 0 Å². The summed E-state index contributed by atoms with van der Waals surface area (Å²) in [5.74, 6) is 0.0128.